The molecular formula is C19H28N2O3. The SMILES string of the molecule is CC(C)(C)OC(=O)N1CC(C2(O)CCN(Cc3ccccc3)C2)C1. The Morgan fingerprint density at radius 1 is 1.29 bits per heavy atom. The number of carbonyl (C=O) groups excluding carboxylic acids is 1. The van der Waals surface area contributed by atoms with Crippen LogP contribution in [0.15, 0.2) is 30.3 Å². The predicted octanol–water partition coefficient (Wildman–Crippen LogP) is 2.49. The third-order valence-corrected chi connectivity index (χ3v) is 4.90. The fourth-order valence-corrected chi connectivity index (χ4v) is 3.50. The molecule has 1 amide bonds. The number of hydrogen-bond donors (Lipinski definition) is 1. The van der Waals surface area contributed by atoms with Crippen LogP contribution in [0.5, 0.6) is 0 Å². The maximum atomic E-state index is 12.0. The Bertz CT molecular complexity index is 578. The van der Waals surface area contributed by atoms with Crippen LogP contribution in [0.4, 0.5) is 4.79 Å². The molecule has 132 valence electrons. The highest BCUT2D eigenvalue weighted by molar-refractivity contribution is 5.69. The Morgan fingerprint density at radius 2 is 1.96 bits per heavy atom. The van der Waals surface area contributed by atoms with Crippen molar-refractivity contribution >= 4 is 6.09 Å². The van der Waals surface area contributed by atoms with Crippen LogP contribution in [-0.4, -0.2) is 58.4 Å². The van der Waals surface area contributed by atoms with E-state index in [1.807, 2.05) is 39.0 Å². The van der Waals surface area contributed by atoms with Gasteiger partial charge in [-0.1, -0.05) is 30.3 Å². The van der Waals surface area contributed by atoms with Gasteiger partial charge in [0, 0.05) is 38.6 Å². The molecule has 0 aliphatic carbocycles. The first kappa shape index (κ1) is 17.2. The van der Waals surface area contributed by atoms with E-state index in [9.17, 15) is 9.90 Å². The zero-order chi connectivity index (χ0) is 17.4. The van der Waals surface area contributed by atoms with Gasteiger partial charge in [0.15, 0.2) is 0 Å². The molecule has 2 fully saturated rings. The van der Waals surface area contributed by atoms with Crippen LogP contribution in [0.2, 0.25) is 0 Å². The van der Waals surface area contributed by atoms with Crippen LogP contribution in [0.3, 0.4) is 0 Å². The second-order valence-corrected chi connectivity index (χ2v) is 8.13. The lowest BCUT2D eigenvalue weighted by Crippen LogP contribution is -2.60. The summed E-state index contributed by atoms with van der Waals surface area (Å²) in [6, 6.07) is 10.3. The largest absolute Gasteiger partial charge is 0.444 e. The fraction of sp³-hybridized carbons (Fsp3) is 0.632. The van der Waals surface area contributed by atoms with Crippen molar-refractivity contribution in [3.63, 3.8) is 0 Å². The van der Waals surface area contributed by atoms with Crippen molar-refractivity contribution in [2.75, 3.05) is 26.2 Å². The number of nitrogens with zero attached hydrogens (tertiary/aromatic N) is 2. The Labute approximate surface area is 144 Å². The lowest BCUT2D eigenvalue weighted by atomic mass is 9.81. The van der Waals surface area contributed by atoms with Gasteiger partial charge in [-0.25, -0.2) is 4.79 Å². The molecule has 2 heterocycles. The molecule has 5 heteroatoms. The number of hydrogen-bond acceptors (Lipinski definition) is 4. The first-order valence-electron chi connectivity index (χ1n) is 8.72. The average Bonchev–Trinajstić information content (AvgIpc) is 2.78. The Kier molecular flexibility index (Phi) is 4.58. The normalized spacial score (nSPS) is 25.6. The summed E-state index contributed by atoms with van der Waals surface area (Å²) in [4.78, 5) is 16.0. The molecule has 1 unspecified atom stereocenters. The zero-order valence-corrected chi connectivity index (χ0v) is 14.9. The van der Waals surface area contributed by atoms with Gasteiger partial charge < -0.3 is 14.7 Å². The van der Waals surface area contributed by atoms with Crippen molar-refractivity contribution in [3.05, 3.63) is 35.9 Å². The van der Waals surface area contributed by atoms with Gasteiger partial charge in [0.25, 0.3) is 0 Å². The maximum absolute atomic E-state index is 12.0. The van der Waals surface area contributed by atoms with Crippen molar-refractivity contribution in [2.45, 2.75) is 44.9 Å². The Morgan fingerprint density at radius 3 is 2.58 bits per heavy atom. The summed E-state index contributed by atoms with van der Waals surface area (Å²) in [7, 11) is 0. The van der Waals surface area contributed by atoms with Crippen LogP contribution in [0.25, 0.3) is 0 Å². The number of β-amino-alcohol motifs (C(OH)–C–C–N with tert-alkyl or cyclic N) is 1. The fourth-order valence-electron chi connectivity index (χ4n) is 3.50. The van der Waals surface area contributed by atoms with Gasteiger partial charge in [0.2, 0.25) is 0 Å². The molecule has 0 spiro atoms. The molecule has 1 aromatic rings. The van der Waals surface area contributed by atoms with Gasteiger partial charge in [-0.05, 0) is 32.8 Å². The van der Waals surface area contributed by atoms with Crippen LogP contribution < -0.4 is 0 Å². The molecule has 0 aromatic heterocycles. The molecule has 2 aliphatic rings. The molecule has 0 bridgehead atoms. The van der Waals surface area contributed by atoms with Crippen LogP contribution in [-0.2, 0) is 11.3 Å². The van der Waals surface area contributed by atoms with Gasteiger partial charge in [-0.3, -0.25) is 4.90 Å². The summed E-state index contributed by atoms with van der Waals surface area (Å²) in [5.41, 5.74) is 0.109. The monoisotopic (exact) mass is 332 g/mol. The van der Waals surface area contributed by atoms with E-state index >= 15 is 0 Å². The molecule has 2 aliphatic heterocycles. The number of carbonyl (C=O) groups is 1. The van der Waals surface area contributed by atoms with Gasteiger partial charge in [-0.15, -0.1) is 0 Å². The average molecular weight is 332 g/mol. The summed E-state index contributed by atoms with van der Waals surface area (Å²) in [5.74, 6) is 0.144. The zero-order valence-electron chi connectivity index (χ0n) is 14.9. The van der Waals surface area contributed by atoms with E-state index in [1.54, 1.807) is 4.90 Å². The van der Waals surface area contributed by atoms with E-state index in [0.717, 1.165) is 19.5 Å². The van der Waals surface area contributed by atoms with Crippen molar-refractivity contribution in [2.24, 2.45) is 5.92 Å². The van der Waals surface area contributed by atoms with Crippen LogP contribution >= 0.6 is 0 Å². The van der Waals surface area contributed by atoms with Crippen molar-refractivity contribution in [1.82, 2.24) is 9.80 Å². The highest BCUT2D eigenvalue weighted by Gasteiger charge is 2.49. The first-order chi connectivity index (χ1) is 11.3. The molecule has 1 atom stereocenters. The topological polar surface area (TPSA) is 53.0 Å². The molecule has 24 heavy (non-hydrogen) atoms. The number of amides is 1. The van der Waals surface area contributed by atoms with Gasteiger partial charge in [0.1, 0.15) is 5.60 Å². The molecule has 1 N–H and O–H groups in total. The minimum Gasteiger partial charge on any atom is -0.444 e. The van der Waals surface area contributed by atoms with Crippen LogP contribution in [0.1, 0.15) is 32.8 Å². The lowest BCUT2D eigenvalue weighted by molar-refractivity contribution is -0.0809. The minimum atomic E-state index is -0.687. The van der Waals surface area contributed by atoms with Crippen molar-refractivity contribution in [3.8, 4) is 0 Å². The van der Waals surface area contributed by atoms with E-state index < -0.39 is 11.2 Å². The smallest absolute Gasteiger partial charge is 0.410 e. The Balaban J connectivity index is 1.49. The van der Waals surface area contributed by atoms with Gasteiger partial charge in [-0.2, -0.15) is 0 Å². The number of rotatable bonds is 3. The second-order valence-electron chi connectivity index (χ2n) is 8.13. The standard InChI is InChI=1S/C19H28N2O3/c1-18(2,3)24-17(22)21-12-16(13-21)19(23)9-10-20(14-19)11-15-7-5-4-6-8-15/h4-8,16,23H,9-14H2,1-3H3. The second kappa shape index (κ2) is 6.37. The third-order valence-electron chi connectivity index (χ3n) is 4.90. The predicted molar refractivity (Wildman–Crippen MR) is 92.6 cm³/mol. The molecule has 1 aromatic carbocycles. The quantitative estimate of drug-likeness (QED) is 0.924. The third kappa shape index (κ3) is 3.90. The van der Waals surface area contributed by atoms with Gasteiger partial charge >= 0.3 is 6.09 Å². The maximum Gasteiger partial charge on any atom is 0.410 e. The summed E-state index contributed by atoms with van der Waals surface area (Å²) in [6.45, 7) is 9.22. The van der Waals surface area contributed by atoms with Crippen molar-refractivity contribution < 1.29 is 14.6 Å². The van der Waals surface area contributed by atoms with E-state index in [-0.39, 0.29) is 12.0 Å². The highest BCUT2D eigenvalue weighted by atomic mass is 16.6. The summed E-state index contributed by atoms with van der Waals surface area (Å²) in [5, 5.41) is 11.0. The lowest BCUT2D eigenvalue weighted by Gasteiger charge is -2.46. The molecule has 5 nitrogen and oxygen atoms in total. The van der Waals surface area contributed by atoms with Gasteiger partial charge in [0.05, 0.1) is 5.60 Å². The van der Waals surface area contributed by atoms with Crippen LogP contribution in [0, 0.1) is 5.92 Å². The first-order valence-corrected chi connectivity index (χ1v) is 8.72. The number of aliphatic hydroxyl groups is 1. The van der Waals surface area contributed by atoms with E-state index in [1.165, 1.54) is 5.56 Å². The molecule has 3 rings (SSSR count). The Hall–Kier alpha value is -1.59. The number of ether oxygens (including phenoxy) is 1. The van der Waals surface area contributed by atoms with E-state index in [4.69, 9.17) is 4.74 Å². The summed E-state index contributed by atoms with van der Waals surface area (Å²) < 4.78 is 5.38. The number of benzene rings is 1. The molecule has 0 saturated carbocycles. The molecule has 2 saturated heterocycles. The van der Waals surface area contributed by atoms with E-state index in [0.29, 0.717) is 19.6 Å². The molecule has 0 radical (unpaired) electrons. The minimum absolute atomic E-state index is 0.144. The summed E-state index contributed by atoms with van der Waals surface area (Å²) in [6.07, 6.45) is 0.494. The van der Waals surface area contributed by atoms with Crippen molar-refractivity contribution in [1.29, 1.82) is 0 Å². The molecular weight excluding hydrogens is 304 g/mol. The highest BCUT2D eigenvalue weighted by Crippen LogP contribution is 2.36. The number of likely N-dealkylation sites (tertiary alicyclic amines) is 2. The van der Waals surface area contributed by atoms with E-state index in [2.05, 4.69) is 17.0 Å². The summed E-state index contributed by atoms with van der Waals surface area (Å²) >= 11 is 0.